The highest BCUT2D eigenvalue weighted by atomic mass is 32.2. The van der Waals surface area contributed by atoms with Crippen LogP contribution in [0.4, 0.5) is 10.3 Å². The van der Waals surface area contributed by atoms with Crippen molar-refractivity contribution in [2.75, 3.05) is 11.8 Å². The summed E-state index contributed by atoms with van der Waals surface area (Å²) in [7, 11) is -3.10. The number of aromatic carboxylic acids is 1. The number of nitrogens with zero attached hydrogens (tertiary/aromatic N) is 2. The standard InChI is InChI=1S/C10H9FN4O5S/c1-20-10-12-9(13-14-10)15-21(18,19)7-4-5(8(16)17)2-3-6(7)11/h2-4H,1H3,(H,16,17)(H2,12,13,14,15). The van der Waals surface area contributed by atoms with E-state index in [-0.39, 0.29) is 17.5 Å². The van der Waals surface area contributed by atoms with Crippen molar-refractivity contribution in [3.05, 3.63) is 29.6 Å². The van der Waals surface area contributed by atoms with Gasteiger partial charge < -0.3 is 9.84 Å². The summed E-state index contributed by atoms with van der Waals surface area (Å²) in [6, 6.07) is 2.29. The molecule has 1 aromatic heterocycles. The van der Waals surface area contributed by atoms with Gasteiger partial charge in [0.1, 0.15) is 10.7 Å². The zero-order chi connectivity index (χ0) is 15.6. The zero-order valence-electron chi connectivity index (χ0n) is 10.5. The van der Waals surface area contributed by atoms with E-state index in [9.17, 15) is 17.6 Å². The number of halogens is 1. The lowest BCUT2D eigenvalue weighted by atomic mass is 10.2. The normalized spacial score (nSPS) is 11.1. The molecule has 2 aromatic rings. The van der Waals surface area contributed by atoms with E-state index in [0.717, 1.165) is 12.1 Å². The topological polar surface area (TPSA) is 134 Å². The molecule has 1 heterocycles. The number of methoxy groups -OCH3 is 1. The van der Waals surface area contributed by atoms with Crippen molar-refractivity contribution in [3.63, 3.8) is 0 Å². The predicted molar refractivity (Wildman–Crippen MR) is 67.1 cm³/mol. The smallest absolute Gasteiger partial charge is 0.336 e. The Kier molecular flexibility index (Phi) is 3.76. The largest absolute Gasteiger partial charge is 0.478 e. The Labute approximate surface area is 117 Å². The van der Waals surface area contributed by atoms with Gasteiger partial charge in [-0.1, -0.05) is 0 Å². The number of aromatic nitrogens is 3. The molecule has 0 fully saturated rings. The van der Waals surface area contributed by atoms with Crippen LogP contribution in [-0.4, -0.2) is 41.8 Å². The minimum atomic E-state index is -4.37. The third kappa shape index (κ3) is 3.08. The van der Waals surface area contributed by atoms with E-state index < -0.39 is 26.7 Å². The average Bonchev–Trinajstić information content (AvgIpc) is 2.85. The van der Waals surface area contributed by atoms with E-state index >= 15 is 0 Å². The molecule has 0 bridgehead atoms. The number of carbonyl (C=O) groups is 1. The van der Waals surface area contributed by atoms with Crippen molar-refractivity contribution in [1.29, 1.82) is 0 Å². The van der Waals surface area contributed by atoms with E-state index in [1.165, 1.54) is 7.11 Å². The number of anilines is 1. The molecule has 0 aliphatic rings. The Balaban J connectivity index is 2.39. The number of rotatable bonds is 5. The molecule has 0 aliphatic heterocycles. The van der Waals surface area contributed by atoms with Crippen LogP contribution >= 0.6 is 0 Å². The van der Waals surface area contributed by atoms with Crippen LogP contribution in [0.1, 0.15) is 10.4 Å². The molecule has 21 heavy (non-hydrogen) atoms. The van der Waals surface area contributed by atoms with Gasteiger partial charge in [0.05, 0.1) is 12.7 Å². The predicted octanol–water partition coefficient (Wildman–Crippen LogP) is 0.451. The number of carboxylic acids is 1. The van der Waals surface area contributed by atoms with E-state index in [2.05, 4.69) is 19.9 Å². The summed E-state index contributed by atoms with van der Waals surface area (Å²) < 4.78 is 44.2. The molecular weight excluding hydrogens is 307 g/mol. The van der Waals surface area contributed by atoms with Gasteiger partial charge in [-0.3, -0.25) is 0 Å². The van der Waals surface area contributed by atoms with Gasteiger partial charge in [0.15, 0.2) is 0 Å². The van der Waals surface area contributed by atoms with Crippen molar-refractivity contribution in [1.82, 2.24) is 15.2 Å². The number of benzene rings is 1. The van der Waals surface area contributed by atoms with Crippen molar-refractivity contribution < 1.29 is 27.4 Å². The number of carboxylic acid groups (broad SMARTS) is 1. The van der Waals surface area contributed by atoms with Crippen LogP contribution in [0.15, 0.2) is 23.1 Å². The summed E-state index contributed by atoms with van der Waals surface area (Å²) in [5.41, 5.74) is -0.369. The van der Waals surface area contributed by atoms with Crippen molar-refractivity contribution in [2.24, 2.45) is 0 Å². The number of hydrogen-bond acceptors (Lipinski definition) is 6. The van der Waals surface area contributed by atoms with Gasteiger partial charge >= 0.3 is 12.0 Å². The Morgan fingerprint density at radius 2 is 2.19 bits per heavy atom. The third-order valence-corrected chi connectivity index (χ3v) is 3.70. The van der Waals surface area contributed by atoms with E-state index in [1.54, 1.807) is 0 Å². The molecule has 112 valence electrons. The van der Waals surface area contributed by atoms with Crippen LogP contribution in [0.2, 0.25) is 0 Å². The highest BCUT2D eigenvalue weighted by molar-refractivity contribution is 7.92. The lowest BCUT2D eigenvalue weighted by Crippen LogP contribution is -2.16. The molecule has 0 saturated heterocycles. The molecule has 2 rings (SSSR count). The lowest BCUT2D eigenvalue weighted by Gasteiger charge is -2.06. The van der Waals surface area contributed by atoms with Gasteiger partial charge in [-0.15, -0.1) is 5.10 Å². The van der Waals surface area contributed by atoms with Crippen molar-refractivity contribution in [2.45, 2.75) is 4.90 Å². The molecule has 9 nitrogen and oxygen atoms in total. The van der Waals surface area contributed by atoms with Crippen LogP contribution in [-0.2, 0) is 10.0 Å². The van der Waals surface area contributed by atoms with Crippen molar-refractivity contribution >= 4 is 21.9 Å². The minimum absolute atomic E-state index is 0.118. The monoisotopic (exact) mass is 316 g/mol. The Morgan fingerprint density at radius 3 is 2.76 bits per heavy atom. The molecule has 0 amide bonds. The molecule has 0 aliphatic carbocycles. The number of sulfonamides is 1. The Morgan fingerprint density at radius 1 is 1.48 bits per heavy atom. The lowest BCUT2D eigenvalue weighted by molar-refractivity contribution is 0.0696. The number of nitrogens with one attached hydrogen (secondary N) is 2. The second-order valence-electron chi connectivity index (χ2n) is 3.73. The molecule has 11 heteroatoms. The molecule has 0 atom stereocenters. The van der Waals surface area contributed by atoms with Gasteiger partial charge in [0, 0.05) is 0 Å². The second kappa shape index (κ2) is 5.36. The fourth-order valence-corrected chi connectivity index (χ4v) is 2.47. The summed E-state index contributed by atoms with van der Waals surface area (Å²) in [4.78, 5) is 13.6. The van der Waals surface area contributed by atoms with Crippen molar-refractivity contribution in [3.8, 4) is 6.01 Å². The molecule has 0 spiro atoms. The molecule has 0 unspecified atom stereocenters. The maximum atomic E-state index is 13.6. The maximum absolute atomic E-state index is 13.6. The minimum Gasteiger partial charge on any atom is -0.478 e. The second-order valence-corrected chi connectivity index (χ2v) is 5.38. The van der Waals surface area contributed by atoms with Gasteiger partial charge in [-0.05, 0) is 18.2 Å². The first-order chi connectivity index (χ1) is 9.83. The van der Waals surface area contributed by atoms with Gasteiger partial charge in [0.25, 0.3) is 10.0 Å². The van der Waals surface area contributed by atoms with Gasteiger partial charge in [-0.2, -0.15) is 4.98 Å². The fourth-order valence-electron chi connectivity index (χ4n) is 1.41. The molecule has 3 N–H and O–H groups in total. The van der Waals surface area contributed by atoms with Crippen LogP contribution in [0.5, 0.6) is 6.01 Å². The summed E-state index contributed by atoms with van der Waals surface area (Å²) in [6.07, 6.45) is 0. The fraction of sp³-hybridized carbons (Fsp3) is 0.100. The number of aromatic amines is 1. The maximum Gasteiger partial charge on any atom is 0.336 e. The van der Waals surface area contributed by atoms with Gasteiger partial charge in [-0.25, -0.2) is 27.4 Å². The first-order valence-corrected chi connectivity index (χ1v) is 6.84. The summed E-state index contributed by atoms with van der Waals surface area (Å²) in [6.45, 7) is 0. The zero-order valence-corrected chi connectivity index (χ0v) is 11.3. The first kappa shape index (κ1) is 14.7. The van der Waals surface area contributed by atoms with E-state index in [1.807, 2.05) is 4.72 Å². The van der Waals surface area contributed by atoms with Gasteiger partial charge in [0.2, 0.25) is 5.95 Å². The van der Waals surface area contributed by atoms with Crippen LogP contribution < -0.4 is 9.46 Å². The van der Waals surface area contributed by atoms with E-state index in [0.29, 0.717) is 6.07 Å². The first-order valence-electron chi connectivity index (χ1n) is 5.35. The third-order valence-electron chi connectivity index (χ3n) is 2.35. The van der Waals surface area contributed by atoms with Crippen LogP contribution in [0.3, 0.4) is 0 Å². The highest BCUT2D eigenvalue weighted by Crippen LogP contribution is 2.19. The molecule has 0 radical (unpaired) electrons. The SMILES string of the molecule is COc1n[nH]c(NS(=O)(=O)c2cc(C(=O)O)ccc2F)n1. The highest BCUT2D eigenvalue weighted by Gasteiger charge is 2.22. The summed E-state index contributed by atoms with van der Waals surface area (Å²) in [5, 5.41) is 14.5. The molecular formula is C10H9FN4O5S. The Bertz CT molecular complexity index is 788. The van der Waals surface area contributed by atoms with Crippen LogP contribution in [0.25, 0.3) is 0 Å². The van der Waals surface area contributed by atoms with E-state index in [4.69, 9.17) is 5.11 Å². The molecule has 0 saturated carbocycles. The van der Waals surface area contributed by atoms with Crippen LogP contribution in [0, 0.1) is 5.82 Å². The quantitative estimate of drug-likeness (QED) is 0.729. The number of H-pyrrole nitrogens is 1. The number of ether oxygens (including phenoxy) is 1. The molecule has 1 aromatic carbocycles. The number of hydrogen-bond donors (Lipinski definition) is 3. The summed E-state index contributed by atoms with van der Waals surface area (Å²) in [5.74, 6) is -2.78. The Hall–Kier alpha value is -2.69. The summed E-state index contributed by atoms with van der Waals surface area (Å²) >= 11 is 0. The average molecular weight is 316 g/mol.